The van der Waals surface area contributed by atoms with Gasteiger partial charge in [-0.1, -0.05) is 67.6 Å². The van der Waals surface area contributed by atoms with Crippen molar-refractivity contribution in [1.82, 2.24) is 10.2 Å². The summed E-state index contributed by atoms with van der Waals surface area (Å²) in [5.74, 6) is 0.326. The van der Waals surface area contributed by atoms with Crippen LogP contribution in [0.15, 0.2) is 60.7 Å². The molecule has 1 N–H and O–H groups in total. The maximum Gasteiger partial charge on any atom is 0.216 e. The summed E-state index contributed by atoms with van der Waals surface area (Å²) in [6.45, 7) is 5.37. The van der Waals surface area contributed by atoms with Crippen LogP contribution in [0.25, 0.3) is 0 Å². The highest BCUT2D eigenvalue weighted by molar-refractivity contribution is 5.73. The molecule has 1 unspecified atom stereocenters. The zero-order valence-electron chi connectivity index (χ0n) is 15.1. The molecule has 0 aliphatic carbocycles. The van der Waals surface area contributed by atoms with Crippen molar-refractivity contribution < 1.29 is 4.79 Å². The molecule has 1 atom stereocenters. The Hall–Kier alpha value is -2.13. The summed E-state index contributed by atoms with van der Waals surface area (Å²) in [5.41, 5.74) is 2.21. The van der Waals surface area contributed by atoms with Gasteiger partial charge in [0.1, 0.15) is 0 Å². The number of amides is 1. The van der Waals surface area contributed by atoms with E-state index in [1.807, 2.05) is 12.1 Å². The van der Waals surface area contributed by atoms with Crippen LogP contribution < -0.4 is 5.32 Å². The van der Waals surface area contributed by atoms with Crippen LogP contribution in [-0.2, 0) is 10.2 Å². The minimum atomic E-state index is -0.265. The van der Waals surface area contributed by atoms with E-state index >= 15 is 0 Å². The van der Waals surface area contributed by atoms with E-state index < -0.39 is 0 Å². The van der Waals surface area contributed by atoms with Gasteiger partial charge in [0.15, 0.2) is 0 Å². The third kappa shape index (κ3) is 4.04. The van der Waals surface area contributed by atoms with E-state index in [-0.39, 0.29) is 11.3 Å². The smallest absolute Gasteiger partial charge is 0.216 e. The summed E-state index contributed by atoms with van der Waals surface area (Å²) < 4.78 is 0. The Bertz CT molecular complexity index is 598. The number of nitrogens with one attached hydrogen (secondary N) is 1. The van der Waals surface area contributed by atoms with Gasteiger partial charge in [-0.05, 0) is 31.1 Å². The maximum atomic E-state index is 11.7. The number of nitrogens with zero attached hydrogens (tertiary/aromatic N) is 1. The number of carbonyl (C=O) groups is 1. The lowest BCUT2D eigenvalue weighted by Crippen LogP contribution is -2.48. The second kappa shape index (κ2) is 8.11. The van der Waals surface area contributed by atoms with Crippen molar-refractivity contribution in [2.24, 2.45) is 5.92 Å². The molecule has 2 aromatic rings. The van der Waals surface area contributed by atoms with Crippen LogP contribution in [0.5, 0.6) is 0 Å². The molecule has 0 aliphatic rings. The molecule has 0 radical (unpaired) electrons. The first-order valence-corrected chi connectivity index (χ1v) is 8.47. The summed E-state index contributed by atoms with van der Waals surface area (Å²) >= 11 is 0. The molecule has 2 aromatic carbocycles. The predicted octanol–water partition coefficient (Wildman–Crippen LogP) is 3.31. The molecule has 0 aromatic heterocycles. The maximum absolute atomic E-state index is 11.7. The average Bonchev–Trinajstić information content (AvgIpc) is 2.56. The van der Waals surface area contributed by atoms with Crippen LogP contribution in [0.2, 0.25) is 0 Å². The van der Waals surface area contributed by atoms with E-state index in [1.165, 1.54) is 11.1 Å². The lowest BCUT2D eigenvalue weighted by Gasteiger charge is -2.41. The van der Waals surface area contributed by atoms with Crippen LogP contribution >= 0.6 is 0 Å². The Morgan fingerprint density at radius 1 is 1.00 bits per heavy atom. The fraction of sp³-hybridized carbons (Fsp3) is 0.381. The number of hydrogen-bond acceptors (Lipinski definition) is 2. The van der Waals surface area contributed by atoms with E-state index in [0.29, 0.717) is 12.5 Å². The van der Waals surface area contributed by atoms with Crippen molar-refractivity contribution in [3.05, 3.63) is 71.8 Å². The van der Waals surface area contributed by atoms with E-state index in [1.54, 1.807) is 6.92 Å². The first-order chi connectivity index (χ1) is 11.5. The molecule has 0 spiro atoms. The highest BCUT2D eigenvalue weighted by atomic mass is 16.1. The lowest BCUT2D eigenvalue weighted by molar-refractivity contribution is -0.119. The monoisotopic (exact) mass is 324 g/mol. The Morgan fingerprint density at radius 2 is 1.46 bits per heavy atom. The van der Waals surface area contributed by atoms with Gasteiger partial charge in [0.2, 0.25) is 5.91 Å². The fourth-order valence-electron chi connectivity index (χ4n) is 3.55. The first kappa shape index (κ1) is 18.2. The highest BCUT2D eigenvalue weighted by Gasteiger charge is 2.39. The molecule has 2 rings (SSSR count). The number of carbonyl (C=O) groups excluding carboxylic acids is 1. The van der Waals surface area contributed by atoms with Gasteiger partial charge in [-0.25, -0.2) is 0 Å². The minimum Gasteiger partial charge on any atom is -0.355 e. The van der Waals surface area contributed by atoms with Crippen LogP contribution in [0.1, 0.15) is 25.0 Å². The van der Waals surface area contributed by atoms with Gasteiger partial charge in [0.05, 0.1) is 0 Å². The predicted molar refractivity (Wildman–Crippen MR) is 100 cm³/mol. The SMILES string of the molecule is CC(=O)NCC(c1ccccc1)(c1ccccc1)C(C)CN(C)C. The van der Waals surface area contributed by atoms with Crippen molar-refractivity contribution in [3.8, 4) is 0 Å². The van der Waals surface area contributed by atoms with Crippen molar-refractivity contribution in [2.75, 3.05) is 27.2 Å². The molecule has 3 heteroatoms. The number of hydrogen-bond donors (Lipinski definition) is 1. The zero-order valence-corrected chi connectivity index (χ0v) is 15.1. The summed E-state index contributed by atoms with van der Waals surface area (Å²) in [5, 5.41) is 3.08. The van der Waals surface area contributed by atoms with Crippen LogP contribution in [-0.4, -0.2) is 38.0 Å². The van der Waals surface area contributed by atoms with Gasteiger partial charge < -0.3 is 10.2 Å². The molecule has 1 amide bonds. The largest absolute Gasteiger partial charge is 0.355 e. The van der Waals surface area contributed by atoms with Gasteiger partial charge >= 0.3 is 0 Å². The minimum absolute atomic E-state index is 0.00305. The normalized spacial score (nSPS) is 12.9. The quantitative estimate of drug-likeness (QED) is 0.847. The van der Waals surface area contributed by atoms with Gasteiger partial charge in [0.25, 0.3) is 0 Å². The fourth-order valence-corrected chi connectivity index (χ4v) is 3.55. The molecule has 0 fully saturated rings. The van der Waals surface area contributed by atoms with Gasteiger partial charge in [-0.3, -0.25) is 4.79 Å². The summed E-state index contributed by atoms with van der Waals surface area (Å²) in [6.07, 6.45) is 0. The standard InChI is InChI=1S/C21H28N2O/c1-17(15-23(3)4)21(16-22-18(2)24,19-11-7-5-8-12-19)20-13-9-6-10-14-20/h5-14,17H,15-16H2,1-4H3,(H,22,24). The number of rotatable bonds is 7. The van der Waals surface area contributed by atoms with E-state index in [2.05, 4.69) is 79.8 Å². The zero-order chi connectivity index (χ0) is 17.6. The van der Waals surface area contributed by atoms with Crippen molar-refractivity contribution >= 4 is 5.91 Å². The van der Waals surface area contributed by atoms with E-state index in [4.69, 9.17) is 0 Å². The molecule has 24 heavy (non-hydrogen) atoms. The van der Waals surface area contributed by atoms with Crippen molar-refractivity contribution in [2.45, 2.75) is 19.3 Å². The molecule has 128 valence electrons. The Labute approximate surface area is 145 Å². The molecular formula is C21H28N2O. The third-order valence-corrected chi connectivity index (χ3v) is 4.67. The summed E-state index contributed by atoms with van der Waals surface area (Å²) in [7, 11) is 4.19. The summed E-state index contributed by atoms with van der Waals surface area (Å²) in [6, 6.07) is 21.0. The van der Waals surface area contributed by atoms with Crippen LogP contribution in [0, 0.1) is 5.92 Å². The lowest BCUT2D eigenvalue weighted by atomic mass is 9.66. The summed E-state index contributed by atoms with van der Waals surface area (Å²) in [4.78, 5) is 13.9. The van der Waals surface area contributed by atoms with Crippen molar-refractivity contribution in [3.63, 3.8) is 0 Å². The molecule has 0 saturated carbocycles. The van der Waals surface area contributed by atoms with Crippen molar-refractivity contribution in [1.29, 1.82) is 0 Å². The Morgan fingerprint density at radius 3 is 1.83 bits per heavy atom. The molecule has 0 bridgehead atoms. The van der Waals surface area contributed by atoms with Gasteiger partial charge in [-0.15, -0.1) is 0 Å². The highest BCUT2D eigenvalue weighted by Crippen LogP contribution is 2.39. The van der Waals surface area contributed by atoms with Crippen LogP contribution in [0.3, 0.4) is 0 Å². The third-order valence-electron chi connectivity index (χ3n) is 4.67. The van der Waals surface area contributed by atoms with Crippen LogP contribution in [0.4, 0.5) is 0 Å². The van der Waals surface area contributed by atoms with Gasteiger partial charge in [-0.2, -0.15) is 0 Å². The molecule has 0 aliphatic heterocycles. The molecular weight excluding hydrogens is 296 g/mol. The second-order valence-electron chi connectivity index (χ2n) is 6.78. The van der Waals surface area contributed by atoms with E-state index in [9.17, 15) is 4.79 Å². The Kier molecular flexibility index (Phi) is 6.16. The Balaban J connectivity index is 2.60. The number of benzene rings is 2. The first-order valence-electron chi connectivity index (χ1n) is 8.47. The molecule has 3 nitrogen and oxygen atoms in total. The average molecular weight is 324 g/mol. The molecule has 0 saturated heterocycles. The molecule has 0 heterocycles. The topological polar surface area (TPSA) is 32.3 Å². The second-order valence-corrected chi connectivity index (χ2v) is 6.78. The van der Waals surface area contributed by atoms with Gasteiger partial charge in [0, 0.05) is 25.4 Å². The van der Waals surface area contributed by atoms with E-state index in [0.717, 1.165) is 6.54 Å².